The molecule has 166 valence electrons. The molecule has 0 saturated carbocycles. The third-order valence-electron chi connectivity index (χ3n) is 7.01. The summed E-state index contributed by atoms with van der Waals surface area (Å²) in [6, 6.07) is 25.7. The van der Waals surface area contributed by atoms with E-state index < -0.39 is 0 Å². The van der Waals surface area contributed by atoms with Crippen LogP contribution in [0.1, 0.15) is 40.8 Å². The normalized spacial score (nSPS) is 18.8. The van der Waals surface area contributed by atoms with Gasteiger partial charge in [0.1, 0.15) is 5.54 Å². The molecule has 3 aromatic carbocycles. The van der Waals surface area contributed by atoms with Crippen molar-refractivity contribution in [1.29, 1.82) is 0 Å². The molecule has 2 N–H and O–H groups in total. The lowest BCUT2D eigenvalue weighted by Gasteiger charge is -2.31. The molecule has 2 aliphatic rings. The lowest BCUT2D eigenvalue weighted by molar-refractivity contribution is 0.115. The number of anilines is 1. The van der Waals surface area contributed by atoms with Crippen molar-refractivity contribution in [3.63, 3.8) is 0 Å². The van der Waals surface area contributed by atoms with Crippen LogP contribution in [0.5, 0.6) is 0 Å². The Kier molecular flexibility index (Phi) is 5.03. The minimum atomic E-state index is -0.350. The maximum Gasteiger partial charge on any atom is 0.121 e. The van der Waals surface area contributed by atoms with Crippen molar-refractivity contribution < 1.29 is 4.74 Å². The minimum Gasteiger partial charge on any atom is -0.377 e. The van der Waals surface area contributed by atoms with Gasteiger partial charge in [0.2, 0.25) is 0 Å². The number of aromatic nitrogens is 1. The highest BCUT2D eigenvalue weighted by atomic mass is 16.5. The van der Waals surface area contributed by atoms with Gasteiger partial charge in [-0.2, -0.15) is 0 Å². The van der Waals surface area contributed by atoms with Crippen molar-refractivity contribution in [3.05, 3.63) is 101 Å². The highest BCUT2D eigenvalue weighted by Gasteiger charge is 2.47. The molecule has 4 heteroatoms. The van der Waals surface area contributed by atoms with Crippen LogP contribution < -0.4 is 5.32 Å². The summed E-state index contributed by atoms with van der Waals surface area (Å²) in [6.45, 7) is 4.33. The van der Waals surface area contributed by atoms with Crippen LogP contribution in [0.15, 0.2) is 77.8 Å². The average Bonchev–Trinajstić information content (AvgIpc) is 3.31. The zero-order valence-electron chi connectivity index (χ0n) is 19.0. The standard InChI is InChI=1S/C29H29N3O/c1-20-12-13-24-26(18-20)32-29(15-7-17-33-19-21-8-3-2-4-9-21)27(24)30-16-14-23-22-10-5-6-11-25(22)31-28(23)29/h2-6,8-13,18,31-32H,7,14-17,19H2,1H3. The van der Waals surface area contributed by atoms with Crippen LogP contribution in [0.2, 0.25) is 0 Å². The topological polar surface area (TPSA) is 49.4 Å². The lowest BCUT2D eigenvalue weighted by Crippen LogP contribution is -2.40. The molecule has 1 atom stereocenters. The zero-order chi connectivity index (χ0) is 22.3. The fraction of sp³-hybridized carbons (Fsp3) is 0.276. The molecule has 0 radical (unpaired) electrons. The maximum absolute atomic E-state index is 6.05. The number of hydrogen-bond acceptors (Lipinski definition) is 3. The Balaban J connectivity index is 1.34. The quantitative estimate of drug-likeness (QED) is 0.358. The first kappa shape index (κ1) is 20.3. The molecule has 0 bridgehead atoms. The zero-order valence-corrected chi connectivity index (χ0v) is 19.0. The Morgan fingerprint density at radius 3 is 2.76 bits per heavy atom. The Morgan fingerprint density at radius 1 is 1.00 bits per heavy atom. The summed E-state index contributed by atoms with van der Waals surface area (Å²) in [4.78, 5) is 8.96. The fourth-order valence-corrected chi connectivity index (χ4v) is 5.50. The molecule has 4 aromatic rings. The molecule has 6 rings (SSSR count). The van der Waals surface area contributed by atoms with E-state index in [1.807, 2.05) is 6.07 Å². The molecule has 2 aliphatic heterocycles. The van der Waals surface area contributed by atoms with Crippen molar-refractivity contribution in [2.75, 3.05) is 18.5 Å². The monoisotopic (exact) mass is 435 g/mol. The Labute approximate surface area is 194 Å². The second-order valence-electron chi connectivity index (χ2n) is 9.23. The van der Waals surface area contributed by atoms with E-state index in [0.717, 1.165) is 32.4 Å². The van der Waals surface area contributed by atoms with Crippen LogP contribution in [-0.4, -0.2) is 23.8 Å². The van der Waals surface area contributed by atoms with E-state index in [4.69, 9.17) is 9.73 Å². The third kappa shape index (κ3) is 3.46. The van der Waals surface area contributed by atoms with Crippen LogP contribution >= 0.6 is 0 Å². The number of aromatic amines is 1. The second-order valence-corrected chi connectivity index (χ2v) is 9.23. The molecular formula is C29H29N3O. The van der Waals surface area contributed by atoms with Crippen molar-refractivity contribution in [1.82, 2.24) is 4.98 Å². The van der Waals surface area contributed by atoms with Crippen LogP contribution in [0.25, 0.3) is 10.9 Å². The molecular weight excluding hydrogens is 406 g/mol. The van der Waals surface area contributed by atoms with Gasteiger partial charge in [-0.15, -0.1) is 0 Å². The largest absolute Gasteiger partial charge is 0.377 e. The summed E-state index contributed by atoms with van der Waals surface area (Å²) >= 11 is 0. The molecule has 1 aromatic heterocycles. The van der Waals surface area contributed by atoms with Crippen molar-refractivity contribution in [2.24, 2.45) is 4.99 Å². The van der Waals surface area contributed by atoms with Gasteiger partial charge in [-0.1, -0.05) is 60.7 Å². The number of para-hydroxylation sites is 1. The van der Waals surface area contributed by atoms with Gasteiger partial charge in [-0.05, 0) is 55.0 Å². The fourth-order valence-electron chi connectivity index (χ4n) is 5.50. The van der Waals surface area contributed by atoms with E-state index >= 15 is 0 Å². The number of hydrogen-bond donors (Lipinski definition) is 2. The number of aryl methyl sites for hydroxylation is 1. The first-order valence-corrected chi connectivity index (χ1v) is 11.9. The average molecular weight is 436 g/mol. The SMILES string of the molecule is Cc1ccc2c(c1)NC1(CCCOCc3ccccc3)C2=NCCc2c1[nH]c1ccccc21. The second kappa shape index (κ2) is 8.20. The van der Waals surface area contributed by atoms with Gasteiger partial charge in [-0.3, -0.25) is 4.99 Å². The van der Waals surface area contributed by atoms with Crippen molar-refractivity contribution in [2.45, 2.75) is 38.3 Å². The molecule has 1 unspecified atom stereocenters. The van der Waals surface area contributed by atoms with Crippen LogP contribution in [-0.2, 0) is 23.3 Å². The predicted molar refractivity (Wildman–Crippen MR) is 135 cm³/mol. The van der Waals surface area contributed by atoms with Crippen molar-refractivity contribution in [3.8, 4) is 0 Å². The van der Waals surface area contributed by atoms with Gasteiger partial charge in [0.25, 0.3) is 0 Å². The van der Waals surface area contributed by atoms with E-state index in [1.165, 1.54) is 50.2 Å². The molecule has 0 amide bonds. The molecule has 0 fully saturated rings. The lowest BCUT2D eigenvalue weighted by atomic mass is 9.83. The number of benzene rings is 3. The molecule has 3 heterocycles. The molecule has 0 aliphatic carbocycles. The molecule has 33 heavy (non-hydrogen) atoms. The highest BCUT2D eigenvalue weighted by molar-refractivity contribution is 6.17. The summed E-state index contributed by atoms with van der Waals surface area (Å²) in [5, 5.41) is 5.26. The third-order valence-corrected chi connectivity index (χ3v) is 7.01. The van der Waals surface area contributed by atoms with E-state index in [-0.39, 0.29) is 5.54 Å². The molecule has 0 saturated heterocycles. The number of rotatable bonds is 6. The number of H-pyrrole nitrogens is 1. The summed E-state index contributed by atoms with van der Waals surface area (Å²) in [6.07, 6.45) is 2.83. The van der Waals surface area contributed by atoms with Crippen LogP contribution in [0.3, 0.4) is 0 Å². The van der Waals surface area contributed by atoms with Gasteiger partial charge in [0, 0.05) is 35.3 Å². The maximum atomic E-state index is 6.05. The summed E-state index contributed by atoms with van der Waals surface area (Å²) in [5.41, 5.74) is 9.59. The summed E-state index contributed by atoms with van der Waals surface area (Å²) in [5.74, 6) is 0. The van der Waals surface area contributed by atoms with E-state index in [0.29, 0.717) is 6.61 Å². The highest BCUT2D eigenvalue weighted by Crippen LogP contribution is 2.46. The summed E-state index contributed by atoms with van der Waals surface area (Å²) < 4.78 is 6.05. The van der Waals surface area contributed by atoms with E-state index in [2.05, 4.69) is 84.0 Å². The van der Waals surface area contributed by atoms with Gasteiger partial charge in [0.15, 0.2) is 0 Å². The number of ether oxygens (including phenoxy) is 1. The Morgan fingerprint density at radius 2 is 1.85 bits per heavy atom. The van der Waals surface area contributed by atoms with Crippen LogP contribution in [0.4, 0.5) is 5.69 Å². The van der Waals surface area contributed by atoms with Gasteiger partial charge in [0.05, 0.1) is 18.0 Å². The van der Waals surface area contributed by atoms with Crippen molar-refractivity contribution >= 4 is 22.3 Å². The molecule has 4 nitrogen and oxygen atoms in total. The number of nitrogens with one attached hydrogen (secondary N) is 2. The summed E-state index contributed by atoms with van der Waals surface area (Å²) in [7, 11) is 0. The Bertz CT molecular complexity index is 1340. The van der Waals surface area contributed by atoms with Gasteiger partial charge < -0.3 is 15.0 Å². The number of fused-ring (bicyclic) bond motifs is 7. The molecule has 0 spiro atoms. The first-order valence-electron chi connectivity index (χ1n) is 11.9. The predicted octanol–water partition coefficient (Wildman–Crippen LogP) is 6.14. The smallest absolute Gasteiger partial charge is 0.121 e. The van der Waals surface area contributed by atoms with E-state index in [9.17, 15) is 0 Å². The number of nitrogens with zero attached hydrogens (tertiary/aromatic N) is 1. The first-order chi connectivity index (χ1) is 16.2. The Hall–Kier alpha value is -3.37. The van der Waals surface area contributed by atoms with Crippen LogP contribution in [0, 0.1) is 6.92 Å². The van der Waals surface area contributed by atoms with Gasteiger partial charge in [-0.25, -0.2) is 0 Å². The minimum absolute atomic E-state index is 0.350. The van der Waals surface area contributed by atoms with Gasteiger partial charge >= 0.3 is 0 Å². The van der Waals surface area contributed by atoms with E-state index in [1.54, 1.807) is 0 Å². The number of aliphatic imine (C=N–C) groups is 1.